The maximum atomic E-state index is 12.6. The molecule has 1 aliphatic carbocycles. The van der Waals surface area contributed by atoms with Crippen LogP contribution in [0.4, 0.5) is 0 Å². The monoisotopic (exact) mass is 304 g/mol. The zero-order valence-electron chi connectivity index (χ0n) is 13.1. The van der Waals surface area contributed by atoms with Crippen molar-refractivity contribution in [3.8, 4) is 0 Å². The molecule has 4 rings (SSSR count). The molecule has 120 valence electrons. The summed E-state index contributed by atoms with van der Waals surface area (Å²) in [5, 5.41) is 4.11. The molecule has 0 unspecified atom stereocenters. The van der Waals surface area contributed by atoms with E-state index >= 15 is 0 Å². The summed E-state index contributed by atoms with van der Waals surface area (Å²) >= 11 is 0. The fourth-order valence-corrected chi connectivity index (χ4v) is 3.87. The van der Waals surface area contributed by atoms with E-state index in [1.165, 1.54) is 19.3 Å². The SMILES string of the molecule is Cn1cc(C(=O)N2CCO[C@@H]3CN(C4CCC4)C[C@@H]3C2)cn1. The Morgan fingerprint density at radius 1 is 1.32 bits per heavy atom. The van der Waals surface area contributed by atoms with E-state index in [-0.39, 0.29) is 5.91 Å². The molecule has 2 saturated heterocycles. The molecular weight excluding hydrogens is 280 g/mol. The van der Waals surface area contributed by atoms with E-state index in [0.29, 0.717) is 30.7 Å². The first-order valence-corrected chi connectivity index (χ1v) is 8.34. The number of likely N-dealkylation sites (tertiary alicyclic amines) is 1. The first kappa shape index (κ1) is 14.2. The molecule has 1 aromatic rings. The van der Waals surface area contributed by atoms with Crippen molar-refractivity contribution in [2.75, 3.05) is 32.8 Å². The quantitative estimate of drug-likeness (QED) is 0.809. The van der Waals surface area contributed by atoms with Crippen molar-refractivity contribution in [3.05, 3.63) is 18.0 Å². The van der Waals surface area contributed by atoms with Crippen LogP contribution in [0.25, 0.3) is 0 Å². The molecule has 1 saturated carbocycles. The predicted octanol–water partition coefficient (Wildman–Crippen LogP) is 0.745. The minimum absolute atomic E-state index is 0.0828. The van der Waals surface area contributed by atoms with Crippen LogP contribution in [0.15, 0.2) is 12.4 Å². The van der Waals surface area contributed by atoms with Crippen molar-refractivity contribution in [2.45, 2.75) is 31.4 Å². The van der Waals surface area contributed by atoms with Crippen molar-refractivity contribution in [3.63, 3.8) is 0 Å². The van der Waals surface area contributed by atoms with Crippen LogP contribution in [0.1, 0.15) is 29.6 Å². The summed E-state index contributed by atoms with van der Waals surface area (Å²) in [4.78, 5) is 17.2. The highest BCUT2D eigenvalue weighted by atomic mass is 16.5. The fourth-order valence-electron chi connectivity index (χ4n) is 3.87. The fraction of sp³-hybridized carbons (Fsp3) is 0.750. The lowest BCUT2D eigenvalue weighted by Crippen LogP contribution is -2.41. The van der Waals surface area contributed by atoms with E-state index < -0.39 is 0 Å². The van der Waals surface area contributed by atoms with Crippen LogP contribution in [0.2, 0.25) is 0 Å². The zero-order valence-corrected chi connectivity index (χ0v) is 13.1. The van der Waals surface area contributed by atoms with Crippen LogP contribution < -0.4 is 0 Å². The zero-order chi connectivity index (χ0) is 15.1. The van der Waals surface area contributed by atoms with Gasteiger partial charge in [-0.3, -0.25) is 14.4 Å². The van der Waals surface area contributed by atoms with Crippen molar-refractivity contribution < 1.29 is 9.53 Å². The van der Waals surface area contributed by atoms with Gasteiger partial charge in [0.2, 0.25) is 0 Å². The summed E-state index contributed by atoms with van der Waals surface area (Å²) in [5.41, 5.74) is 0.676. The molecule has 0 bridgehead atoms. The largest absolute Gasteiger partial charge is 0.375 e. The van der Waals surface area contributed by atoms with Gasteiger partial charge < -0.3 is 9.64 Å². The number of hydrogen-bond donors (Lipinski definition) is 0. The number of hydrogen-bond acceptors (Lipinski definition) is 4. The molecule has 6 nitrogen and oxygen atoms in total. The lowest BCUT2D eigenvalue weighted by molar-refractivity contribution is 0.0435. The molecule has 1 amide bonds. The van der Waals surface area contributed by atoms with Crippen molar-refractivity contribution in [1.82, 2.24) is 19.6 Å². The average Bonchev–Trinajstić information content (AvgIpc) is 2.98. The van der Waals surface area contributed by atoms with E-state index in [0.717, 1.165) is 25.7 Å². The van der Waals surface area contributed by atoms with Gasteiger partial charge in [0.15, 0.2) is 0 Å². The highest BCUT2D eigenvalue weighted by Gasteiger charge is 2.41. The molecule has 3 aliphatic rings. The van der Waals surface area contributed by atoms with Crippen LogP contribution in [0.5, 0.6) is 0 Å². The highest BCUT2D eigenvalue weighted by Crippen LogP contribution is 2.32. The molecule has 3 fully saturated rings. The number of nitrogens with zero attached hydrogens (tertiary/aromatic N) is 4. The second-order valence-electron chi connectivity index (χ2n) is 6.86. The Morgan fingerprint density at radius 2 is 2.18 bits per heavy atom. The maximum Gasteiger partial charge on any atom is 0.257 e. The molecule has 6 heteroatoms. The molecule has 3 heterocycles. The average molecular weight is 304 g/mol. The molecule has 0 N–H and O–H groups in total. The van der Waals surface area contributed by atoms with Gasteiger partial charge in [0.1, 0.15) is 0 Å². The summed E-state index contributed by atoms with van der Waals surface area (Å²) in [6, 6.07) is 0.762. The van der Waals surface area contributed by atoms with Crippen LogP contribution in [0.3, 0.4) is 0 Å². The molecule has 2 atom stereocenters. The van der Waals surface area contributed by atoms with Gasteiger partial charge in [-0.15, -0.1) is 0 Å². The molecular formula is C16H24N4O2. The summed E-state index contributed by atoms with van der Waals surface area (Å²) < 4.78 is 7.72. The van der Waals surface area contributed by atoms with Gasteiger partial charge in [0, 0.05) is 51.4 Å². The Bertz CT molecular complexity index is 554. The predicted molar refractivity (Wildman–Crippen MR) is 81.6 cm³/mol. The first-order chi connectivity index (χ1) is 10.7. The second kappa shape index (κ2) is 5.66. The van der Waals surface area contributed by atoms with Crippen molar-refractivity contribution in [2.24, 2.45) is 13.0 Å². The molecule has 2 aliphatic heterocycles. The Labute approximate surface area is 131 Å². The normalized spacial score (nSPS) is 30.0. The number of carbonyl (C=O) groups excluding carboxylic acids is 1. The summed E-state index contributed by atoms with van der Waals surface area (Å²) in [6.07, 6.45) is 7.77. The minimum atomic E-state index is 0.0828. The van der Waals surface area contributed by atoms with Gasteiger partial charge in [0.25, 0.3) is 5.91 Å². The van der Waals surface area contributed by atoms with Gasteiger partial charge in [0.05, 0.1) is 24.5 Å². The molecule has 22 heavy (non-hydrogen) atoms. The topological polar surface area (TPSA) is 50.6 Å². The summed E-state index contributed by atoms with van der Waals surface area (Å²) in [5.74, 6) is 0.531. The van der Waals surface area contributed by atoms with Gasteiger partial charge in [-0.2, -0.15) is 5.10 Å². The number of fused-ring (bicyclic) bond motifs is 1. The minimum Gasteiger partial charge on any atom is -0.375 e. The van der Waals surface area contributed by atoms with E-state index in [9.17, 15) is 4.79 Å². The van der Waals surface area contributed by atoms with Crippen LogP contribution in [0, 0.1) is 5.92 Å². The van der Waals surface area contributed by atoms with Crippen molar-refractivity contribution >= 4 is 5.91 Å². The van der Waals surface area contributed by atoms with Crippen molar-refractivity contribution in [1.29, 1.82) is 0 Å². The lowest BCUT2D eigenvalue weighted by Gasteiger charge is -2.35. The van der Waals surface area contributed by atoms with Gasteiger partial charge >= 0.3 is 0 Å². The van der Waals surface area contributed by atoms with Gasteiger partial charge in [-0.05, 0) is 12.8 Å². The Morgan fingerprint density at radius 3 is 2.86 bits per heavy atom. The number of aromatic nitrogens is 2. The number of ether oxygens (including phenoxy) is 1. The molecule has 0 aromatic carbocycles. The number of aryl methyl sites for hydroxylation is 1. The Balaban J connectivity index is 1.44. The van der Waals surface area contributed by atoms with E-state index in [2.05, 4.69) is 10.00 Å². The Hall–Kier alpha value is -1.40. The lowest BCUT2D eigenvalue weighted by atomic mass is 9.92. The van der Waals surface area contributed by atoms with Crippen LogP contribution in [-0.2, 0) is 11.8 Å². The number of rotatable bonds is 2. The standard InChI is InChI=1S/C16H24N4O2/c1-18-8-12(7-17-18)16(21)19-5-6-22-15-11-20(10-13(15)9-19)14-3-2-4-14/h7-8,13-15H,2-6,9-11H2,1H3/t13-,15+/m0/s1. The van der Waals surface area contributed by atoms with E-state index in [1.54, 1.807) is 17.1 Å². The maximum absolute atomic E-state index is 12.6. The number of amides is 1. The number of carbonyl (C=O) groups is 1. The van der Waals surface area contributed by atoms with E-state index in [4.69, 9.17) is 4.74 Å². The first-order valence-electron chi connectivity index (χ1n) is 8.34. The van der Waals surface area contributed by atoms with Gasteiger partial charge in [-0.1, -0.05) is 6.42 Å². The third-order valence-electron chi connectivity index (χ3n) is 5.39. The van der Waals surface area contributed by atoms with Crippen LogP contribution >= 0.6 is 0 Å². The van der Waals surface area contributed by atoms with Crippen LogP contribution in [-0.4, -0.2) is 70.4 Å². The molecule has 0 spiro atoms. The molecule has 0 radical (unpaired) electrons. The summed E-state index contributed by atoms with van der Waals surface area (Å²) in [6.45, 7) is 4.26. The van der Waals surface area contributed by atoms with Gasteiger partial charge in [-0.25, -0.2) is 0 Å². The third-order valence-corrected chi connectivity index (χ3v) is 5.39. The van der Waals surface area contributed by atoms with E-state index in [1.807, 2.05) is 11.9 Å². The highest BCUT2D eigenvalue weighted by molar-refractivity contribution is 5.93. The third kappa shape index (κ3) is 2.54. The molecule has 1 aromatic heterocycles. The summed E-state index contributed by atoms with van der Waals surface area (Å²) in [7, 11) is 1.84. The smallest absolute Gasteiger partial charge is 0.257 e. The second-order valence-corrected chi connectivity index (χ2v) is 6.86. The Kier molecular flexibility index (Phi) is 3.66.